The van der Waals surface area contributed by atoms with E-state index >= 15 is 0 Å². The number of sulfone groups is 1. The number of hydrogen-bond donors (Lipinski definition) is 2. The summed E-state index contributed by atoms with van der Waals surface area (Å²) in [6.45, 7) is 1.34. The van der Waals surface area contributed by atoms with Crippen molar-refractivity contribution in [3.8, 4) is 0 Å². The molecule has 0 aliphatic carbocycles. The second kappa shape index (κ2) is 7.88. The van der Waals surface area contributed by atoms with Crippen molar-refractivity contribution in [3.63, 3.8) is 0 Å². The van der Waals surface area contributed by atoms with E-state index in [-0.39, 0.29) is 63.2 Å². The van der Waals surface area contributed by atoms with Crippen molar-refractivity contribution in [2.75, 3.05) is 24.6 Å². The van der Waals surface area contributed by atoms with E-state index in [4.69, 9.17) is 0 Å². The van der Waals surface area contributed by atoms with E-state index < -0.39 is 9.84 Å². The molecule has 15 heavy (non-hydrogen) atoms. The number of rotatable bonds is 4. The zero-order valence-electron chi connectivity index (χ0n) is 8.65. The summed E-state index contributed by atoms with van der Waals surface area (Å²) in [6.07, 6.45) is 0.709. The molecule has 1 unspecified atom stereocenters. The summed E-state index contributed by atoms with van der Waals surface area (Å²) < 4.78 is 22.5. The molecule has 1 saturated heterocycles. The summed E-state index contributed by atoms with van der Waals surface area (Å²) in [5.41, 5.74) is 0. The summed E-state index contributed by atoms with van der Waals surface area (Å²) in [4.78, 5) is 0. The zero-order chi connectivity index (χ0) is 10.6. The van der Waals surface area contributed by atoms with E-state index in [0.717, 1.165) is 0 Å². The second-order valence-corrected chi connectivity index (χ2v) is 6.57. The molecule has 0 radical (unpaired) electrons. The average molecular weight is 292 g/mol. The van der Waals surface area contributed by atoms with Crippen LogP contribution >= 0.6 is 12.2 Å². The molecule has 0 amide bonds. The van der Waals surface area contributed by atoms with Crippen molar-refractivity contribution in [1.29, 1.82) is 0 Å². The van der Waals surface area contributed by atoms with Gasteiger partial charge in [-0.1, -0.05) is 4.32 Å². The van der Waals surface area contributed by atoms with Crippen LogP contribution in [-0.2, 0) is 22.5 Å². The first-order chi connectivity index (χ1) is 6.49. The van der Waals surface area contributed by atoms with Crippen LogP contribution in [0.25, 0.3) is 0 Å². The molecule has 1 rings (SSSR count). The first-order valence-corrected chi connectivity index (χ1v) is 7.02. The van der Waals surface area contributed by atoms with Crippen LogP contribution in [0.2, 0.25) is 0 Å². The van der Waals surface area contributed by atoms with Gasteiger partial charge in [0.25, 0.3) is 0 Å². The van der Waals surface area contributed by atoms with Gasteiger partial charge in [0.05, 0.1) is 11.5 Å². The quantitative estimate of drug-likeness (QED) is 0.240. The topological polar surface area (TPSA) is 58.2 Å². The smallest absolute Gasteiger partial charge is 0.412 e. The largest absolute Gasteiger partial charge is 1.00 e. The van der Waals surface area contributed by atoms with Gasteiger partial charge >= 0.3 is 51.4 Å². The molecule has 82 valence electrons. The van der Waals surface area contributed by atoms with Gasteiger partial charge in [-0.15, -0.1) is 0 Å². The normalized spacial score (nSPS) is 23.1. The van der Waals surface area contributed by atoms with Gasteiger partial charge in [-0.3, -0.25) is 0 Å². The minimum atomic E-state index is -2.78. The predicted octanol–water partition coefficient (Wildman–Crippen LogP) is -3.81. The van der Waals surface area contributed by atoms with Crippen LogP contribution in [0.1, 0.15) is 6.42 Å². The van der Waals surface area contributed by atoms with Crippen LogP contribution in [0.4, 0.5) is 0 Å². The van der Waals surface area contributed by atoms with Gasteiger partial charge in [-0.05, 0) is 6.42 Å². The van der Waals surface area contributed by atoms with Gasteiger partial charge < -0.3 is 35.5 Å². The molecule has 4 nitrogen and oxygen atoms in total. The molecular weight excluding hydrogens is 279 g/mol. The SMILES string of the molecule is O=S1(=O)CCC(NCCNC(=S)[S-])C1.[K+]. The zero-order valence-corrected chi connectivity index (χ0v) is 14.2. The summed E-state index contributed by atoms with van der Waals surface area (Å²) in [6, 6.07) is 0.0977. The molecule has 8 heteroatoms. The Morgan fingerprint density at radius 1 is 1.47 bits per heavy atom. The monoisotopic (exact) mass is 292 g/mol. The third-order valence-electron chi connectivity index (χ3n) is 2.06. The molecule has 2 N–H and O–H groups in total. The molecule has 1 heterocycles. The molecular formula is C7H13KN2O2S3. The molecule has 1 fully saturated rings. The first-order valence-electron chi connectivity index (χ1n) is 4.38. The van der Waals surface area contributed by atoms with Gasteiger partial charge in [0.15, 0.2) is 9.84 Å². The van der Waals surface area contributed by atoms with Crippen LogP contribution in [0.5, 0.6) is 0 Å². The van der Waals surface area contributed by atoms with Crippen LogP contribution in [0, 0.1) is 0 Å². The first kappa shape index (κ1) is 16.7. The van der Waals surface area contributed by atoms with E-state index in [0.29, 0.717) is 29.6 Å². The standard InChI is InChI=1S/C7H14N2O2S3.K/c10-14(11)4-1-6(5-14)8-2-3-9-7(12)13;/h6,8H,1-5H2,(H2,9,12,13);/q;+1/p-1. The molecule has 1 atom stereocenters. The van der Waals surface area contributed by atoms with Crippen LogP contribution in [0.3, 0.4) is 0 Å². The van der Waals surface area contributed by atoms with E-state index in [1.807, 2.05) is 0 Å². The minimum absolute atomic E-state index is 0. The Bertz CT molecular complexity index is 307. The molecule has 0 aromatic heterocycles. The minimum Gasteiger partial charge on any atom is -0.412 e. The van der Waals surface area contributed by atoms with Crippen LogP contribution in [-0.4, -0.2) is 43.4 Å². The maximum absolute atomic E-state index is 11.1. The van der Waals surface area contributed by atoms with Crippen molar-refractivity contribution in [3.05, 3.63) is 0 Å². The fraction of sp³-hybridized carbons (Fsp3) is 0.857. The van der Waals surface area contributed by atoms with Gasteiger partial charge in [-0.2, -0.15) is 0 Å². The summed E-state index contributed by atoms with van der Waals surface area (Å²) >= 11 is 9.32. The number of hydrogen-bond acceptors (Lipinski definition) is 5. The van der Waals surface area contributed by atoms with Gasteiger partial charge in [-0.25, -0.2) is 8.42 Å². The van der Waals surface area contributed by atoms with Gasteiger partial charge in [0, 0.05) is 19.1 Å². The predicted molar refractivity (Wildman–Crippen MR) is 63.0 cm³/mol. The van der Waals surface area contributed by atoms with E-state index in [1.165, 1.54) is 0 Å². The second-order valence-electron chi connectivity index (χ2n) is 3.27. The van der Waals surface area contributed by atoms with Crippen molar-refractivity contribution >= 4 is 39.0 Å². The van der Waals surface area contributed by atoms with Crippen molar-refractivity contribution < 1.29 is 59.8 Å². The van der Waals surface area contributed by atoms with Gasteiger partial charge in [0.1, 0.15) is 0 Å². The number of nitrogens with one attached hydrogen (secondary N) is 2. The summed E-state index contributed by atoms with van der Waals surface area (Å²) in [7, 11) is -2.78. The van der Waals surface area contributed by atoms with E-state index in [9.17, 15) is 8.42 Å². The Morgan fingerprint density at radius 3 is 2.60 bits per heavy atom. The van der Waals surface area contributed by atoms with E-state index in [2.05, 4.69) is 35.5 Å². The molecule has 0 aromatic rings. The maximum Gasteiger partial charge on any atom is 1.00 e. The summed E-state index contributed by atoms with van der Waals surface area (Å²) in [5, 5.41) is 5.97. The molecule has 1 aliphatic heterocycles. The molecule has 0 bridgehead atoms. The Morgan fingerprint density at radius 2 is 2.13 bits per heavy atom. The fourth-order valence-electron chi connectivity index (χ4n) is 1.40. The Labute approximate surface area is 144 Å². The van der Waals surface area contributed by atoms with Gasteiger partial charge in [0.2, 0.25) is 0 Å². The number of thiocarbonyl (C=S) groups is 1. The van der Waals surface area contributed by atoms with E-state index in [1.54, 1.807) is 0 Å². The Balaban J connectivity index is 0.00000196. The Hall–Kier alpha value is 1.66. The van der Waals surface area contributed by atoms with Crippen molar-refractivity contribution in [1.82, 2.24) is 10.6 Å². The molecule has 1 aliphatic rings. The summed E-state index contributed by atoms with van der Waals surface area (Å²) in [5.74, 6) is 0.558. The molecule has 0 saturated carbocycles. The molecule has 0 spiro atoms. The third kappa shape index (κ3) is 7.56. The third-order valence-corrected chi connectivity index (χ3v) is 4.12. The Kier molecular flexibility index (Phi) is 8.75. The average Bonchev–Trinajstić information content (AvgIpc) is 2.39. The van der Waals surface area contributed by atoms with Crippen molar-refractivity contribution in [2.45, 2.75) is 12.5 Å². The van der Waals surface area contributed by atoms with Crippen LogP contribution in [0.15, 0.2) is 0 Å². The van der Waals surface area contributed by atoms with Crippen LogP contribution < -0.4 is 62.0 Å². The molecule has 0 aromatic carbocycles. The fourth-order valence-corrected chi connectivity index (χ4v) is 3.31. The van der Waals surface area contributed by atoms with Crippen molar-refractivity contribution in [2.24, 2.45) is 0 Å². The maximum atomic E-state index is 11.1.